The molecule has 0 N–H and O–H groups in total. The zero-order chi connectivity index (χ0) is 11.9. The molecule has 0 aromatic carbocycles. The predicted octanol–water partition coefficient (Wildman–Crippen LogP) is 4.46. The lowest BCUT2D eigenvalue weighted by atomic mass is 9.90. The first-order chi connectivity index (χ1) is 8.42. The normalized spacial score (nSPS) is 24.0. The van der Waals surface area contributed by atoms with Gasteiger partial charge in [0.15, 0.2) is 0 Å². The zero-order valence-electron chi connectivity index (χ0n) is 10.9. The van der Waals surface area contributed by atoms with Gasteiger partial charge in [-0.1, -0.05) is 50.3 Å². The van der Waals surface area contributed by atoms with Crippen molar-refractivity contribution in [2.45, 2.75) is 76.3 Å². The third-order valence-electron chi connectivity index (χ3n) is 4.13. The summed E-state index contributed by atoms with van der Waals surface area (Å²) < 4.78 is 0. The molecule has 0 bridgehead atoms. The van der Waals surface area contributed by atoms with E-state index in [-0.39, 0.29) is 0 Å². The quantitative estimate of drug-likeness (QED) is 0.522. The Labute approximate surface area is 105 Å². The van der Waals surface area contributed by atoms with Gasteiger partial charge in [0.2, 0.25) is 0 Å². The Hall–Kier alpha value is -0.860. The molecule has 0 amide bonds. The van der Waals surface area contributed by atoms with Crippen LogP contribution in [-0.4, -0.2) is 17.1 Å². The fraction of sp³-hybridized carbons (Fsp3) is 0.857. The summed E-state index contributed by atoms with van der Waals surface area (Å²) in [7, 11) is 0. The molecule has 2 aliphatic carbocycles. The van der Waals surface area contributed by atoms with E-state index in [9.17, 15) is 0 Å². The summed E-state index contributed by atoms with van der Waals surface area (Å²) >= 11 is 0. The van der Waals surface area contributed by atoms with Crippen LogP contribution in [0.2, 0.25) is 0 Å². The van der Waals surface area contributed by atoms with Crippen LogP contribution < -0.4 is 0 Å². The van der Waals surface area contributed by atoms with Gasteiger partial charge in [-0.15, -0.1) is 5.11 Å². The van der Waals surface area contributed by atoms with Crippen LogP contribution in [-0.2, 0) is 0 Å². The average Bonchev–Trinajstić information content (AvgIpc) is 2.42. The molecule has 0 saturated heterocycles. The molecule has 2 aliphatic rings. The van der Waals surface area contributed by atoms with E-state index in [0.717, 1.165) is 0 Å². The molecule has 0 radical (unpaired) electrons. The molecular weight excluding hydrogens is 210 g/mol. The van der Waals surface area contributed by atoms with Crippen LogP contribution in [0.5, 0.6) is 0 Å². The highest BCUT2D eigenvalue weighted by molar-refractivity contribution is 4.81. The van der Waals surface area contributed by atoms with E-state index in [2.05, 4.69) is 21.9 Å². The summed E-state index contributed by atoms with van der Waals surface area (Å²) in [4.78, 5) is 0. The van der Waals surface area contributed by atoms with Gasteiger partial charge in [0.05, 0.1) is 0 Å². The van der Waals surface area contributed by atoms with Gasteiger partial charge in [-0.05, 0) is 25.7 Å². The molecule has 0 aromatic heterocycles. The molecule has 2 fully saturated rings. The molecule has 2 saturated carbocycles. The fourth-order valence-corrected chi connectivity index (χ4v) is 3.23. The molecule has 0 spiro atoms. The van der Waals surface area contributed by atoms with E-state index in [1.54, 1.807) is 6.20 Å². The molecule has 96 valence electrons. The van der Waals surface area contributed by atoms with Crippen molar-refractivity contribution in [1.82, 2.24) is 5.01 Å². The largest absolute Gasteiger partial charge is 0.272 e. The molecule has 0 aromatic rings. The zero-order valence-corrected chi connectivity index (χ0v) is 10.9. The Morgan fingerprint density at radius 2 is 1.29 bits per heavy atom. The Kier molecular flexibility index (Phi) is 5.02. The van der Waals surface area contributed by atoms with Crippen LogP contribution in [0.3, 0.4) is 0 Å². The summed E-state index contributed by atoms with van der Waals surface area (Å²) in [6, 6.07) is 1.27. The third kappa shape index (κ3) is 3.55. The van der Waals surface area contributed by atoms with E-state index in [1.165, 1.54) is 64.2 Å². The first-order valence-electron chi connectivity index (χ1n) is 7.22. The first kappa shape index (κ1) is 12.6. The van der Waals surface area contributed by atoms with Crippen molar-refractivity contribution >= 4 is 0 Å². The van der Waals surface area contributed by atoms with E-state index in [4.69, 9.17) is 0 Å². The van der Waals surface area contributed by atoms with Crippen LogP contribution in [0, 0.1) is 0 Å². The van der Waals surface area contributed by atoms with Gasteiger partial charge >= 0.3 is 0 Å². The highest BCUT2D eigenvalue weighted by Crippen LogP contribution is 2.30. The highest BCUT2D eigenvalue weighted by atomic mass is 15.6. The maximum absolute atomic E-state index is 4.43. The van der Waals surface area contributed by atoms with Crippen LogP contribution in [0.1, 0.15) is 64.2 Å². The summed E-state index contributed by atoms with van der Waals surface area (Å²) in [5, 5.41) is 10.8. The van der Waals surface area contributed by atoms with Crippen molar-refractivity contribution in [2.24, 2.45) is 10.3 Å². The summed E-state index contributed by atoms with van der Waals surface area (Å²) in [6.45, 7) is 3.64. The number of hydrogen-bond acceptors (Lipinski definition) is 2. The number of rotatable bonds is 4. The molecule has 3 nitrogen and oxygen atoms in total. The highest BCUT2D eigenvalue weighted by Gasteiger charge is 2.28. The summed E-state index contributed by atoms with van der Waals surface area (Å²) in [5.74, 6) is 0. The van der Waals surface area contributed by atoms with Gasteiger partial charge in [0.25, 0.3) is 0 Å². The Morgan fingerprint density at radius 1 is 0.824 bits per heavy atom. The maximum Gasteiger partial charge on any atom is 0.0491 e. The minimum Gasteiger partial charge on any atom is -0.272 e. The SMILES string of the molecule is C=CN=NN(C1CCCCC1)C1CCCCC1. The van der Waals surface area contributed by atoms with Gasteiger partial charge in [-0.25, -0.2) is 0 Å². The molecule has 2 rings (SSSR count). The fourth-order valence-electron chi connectivity index (χ4n) is 3.23. The molecule has 3 heteroatoms. The van der Waals surface area contributed by atoms with Crippen LogP contribution in [0.15, 0.2) is 23.1 Å². The third-order valence-corrected chi connectivity index (χ3v) is 4.13. The van der Waals surface area contributed by atoms with Gasteiger partial charge in [0, 0.05) is 18.3 Å². The molecule has 0 atom stereocenters. The summed E-state index contributed by atoms with van der Waals surface area (Å²) in [6.07, 6.45) is 15.0. The van der Waals surface area contributed by atoms with E-state index in [0.29, 0.717) is 12.1 Å². The lowest BCUT2D eigenvalue weighted by Gasteiger charge is -2.38. The number of nitrogens with zero attached hydrogens (tertiary/aromatic N) is 3. The molecule has 17 heavy (non-hydrogen) atoms. The second-order valence-corrected chi connectivity index (χ2v) is 5.35. The van der Waals surface area contributed by atoms with E-state index < -0.39 is 0 Å². The smallest absolute Gasteiger partial charge is 0.0491 e. The molecule has 0 aliphatic heterocycles. The van der Waals surface area contributed by atoms with Crippen molar-refractivity contribution < 1.29 is 0 Å². The van der Waals surface area contributed by atoms with Gasteiger partial charge in [-0.3, -0.25) is 5.01 Å². The predicted molar refractivity (Wildman–Crippen MR) is 70.6 cm³/mol. The minimum absolute atomic E-state index is 0.635. The lowest BCUT2D eigenvalue weighted by molar-refractivity contribution is 0.0755. The van der Waals surface area contributed by atoms with Gasteiger partial charge in [-0.2, -0.15) is 0 Å². The first-order valence-corrected chi connectivity index (χ1v) is 7.22. The standard InChI is InChI=1S/C14H25N3/c1-2-15-16-17(13-9-5-3-6-10-13)14-11-7-4-8-12-14/h2,13-14H,1,3-12H2. The monoisotopic (exact) mass is 235 g/mol. The Bertz CT molecular complexity index is 232. The topological polar surface area (TPSA) is 28.0 Å². The van der Waals surface area contributed by atoms with Crippen LogP contribution >= 0.6 is 0 Å². The van der Waals surface area contributed by atoms with Crippen molar-refractivity contribution in [1.29, 1.82) is 0 Å². The average molecular weight is 235 g/mol. The Balaban J connectivity index is 1.99. The van der Waals surface area contributed by atoms with Crippen molar-refractivity contribution in [3.8, 4) is 0 Å². The molecule has 0 unspecified atom stereocenters. The second kappa shape index (κ2) is 6.77. The Morgan fingerprint density at radius 3 is 1.71 bits per heavy atom. The van der Waals surface area contributed by atoms with Crippen LogP contribution in [0.25, 0.3) is 0 Å². The van der Waals surface area contributed by atoms with Crippen molar-refractivity contribution in [3.63, 3.8) is 0 Å². The van der Waals surface area contributed by atoms with Crippen molar-refractivity contribution in [2.75, 3.05) is 0 Å². The molecule has 0 heterocycles. The maximum atomic E-state index is 4.43. The summed E-state index contributed by atoms with van der Waals surface area (Å²) in [5.41, 5.74) is 0. The van der Waals surface area contributed by atoms with Gasteiger partial charge in [0.1, 0.15) is 0 Å². The minimum atomic E-state index is 0.635. The molecular formula is C14H25N3. The lowest BCUT2D eigenvalue weighted by Crippen LogP contribution is -2.41. The van der Waals surface area contributed by atoms with E-state index in [1.807, 2.05) is 0 Å². The van der Waals surface area contributed by atoms with Crippen LogP contribution in [0.4, 0.5) is 0 Å². The number of hydrogen-bond donors (Lipinski definition) is 0. The van der Waals surface area contributed by atoms with Gasteiger partial charge < -0.3 is 0 Å². The second-order valence-electron chi connectivity index (χ2n) is 5.35. The van der Waals surface area contributed by atoms with Crippen molar-refractivity contribution in [3.05, 3.63) is 12.8 Å². The van der Waals surface area contributed by atoms with E-state index >= 15 is 0 Å².